The van der Waals surface area contributed by atoms with E-state index in [-0.39, 0.29) is 11.8 Å². The third kappa shape index (κ3) is 4.23. The Kier molecular flexibility index (Phi) is 5.87. The van der Waals surface area contributed by atoms with Crippen LogP contribution in [0.2, 0.25) is 0 Å². The Bertz CT molecular complexity index is 205. The second-order valence-corrected chi connectivity index (χ2v) is 3.27. The first-order valence-electron chi connectivity index (χ1n) is 4.67. The molecule has 0 bridgehead atoms. The molecular formula is C9H17NO4. The van der Waals surface area contributed by atoms with Crippen LogP contribution in [0.3, 0.4) is 0 Å². The van der Waals surface area contributed by atoms with Crippen LogP contribution in [-0.4, -0.2) is 34.7 Å². The van der Waals surface area contributed by atoms with Crippen LogP contribution in [0.15, 0.2) is 0 Å². The third-order valence-corrected chi connectivity index (χ3v) is 1.97. The number of aliphatic hydroxyl groups is 1. The first kappa shape index (κ1) is 12.9. The van der Waals surface area contributed by atoms with Crippen LogP contribution < -0.4 is 5.32 Å². The van der Waals surface area contributed by atoms with Crippen molar-refractivity contribution in [2.45, 2.75) is 32.7 Å². The van der Waals surface area contributed by atoms with Gasteiger partial charge in [0.05, 0.1) is 6.61 Å². The highest BCUT2D eigenvalue weighted by molar-refractivity contribution is 5.84. The van der Waals surface area contributed by atoms with Gasteiger partial charge in [-0.2, -0.15) is 0 Å². The molecule has 0 aromatic carbocycles. The van der Waals surface area contributed by atoms with Crippen molar-refractivity contribution in [1.82, 2.24) is 5.32 Å². The number of aliphatic carboxylic acids is 1. The zero-order valence-electron chi connectivity index (χ0n) is 8.49. The molecule has 0 aromatic heterocycles. The molecule has 0 radical (unpaired) electrons. The van der Waals surface area contributed by atoms with Gasteiger partial charge < -0.3 is 15.5 Å². The molecule has 0 fully saturated rings. The lowest BCUT2D eigenvalue weighted by Gasteiger charge is -2.15. The Hall–Kier alpha value is -1.10. The number of carboxylic acids is 1. The molecule has 3 N–H and O–H groups in total. The summed E-state index contributed by atoms with van der Waals surface area (Å²) in [7, 11) is 0. The lowest BCUT2D eigenvalue weighted by atomic mass is 10.1. The van der Waals surface area contributed by atoms with Gasteiger partial charge in [0.15, 0.2) is 0 Å². The summed E-state index contributed by atoms with van der Waals surface area (Å²) in [5, 5.41) is 19.5. The fraction of sp³-hybridized carbons (Fsp3) is 0.778. The molecule has 5 heteroatoms. The Labute approximate surface area is 83.1 Å². The molecule has 1 amide bonds. The van der Waals surface area contributed by atoms with Crippen molar-refractivity contribution in [2.24, 2.45) is 5.92 Å². The quantitative estimate of drug-likeness (QED) is 0.566. The molecule has 0 aliphatic heterocycles. The van der Waals surface area contributed by atoms with E-state index in [1.165, 1.54) is 0 Å². The number of amides is 1. The molecule has 0 heterocycles. The van der Waals surface area contributed by atoms with Crippen LogP contribution in [0.4, 0.5) is 0 Å². The summed E-state index contributed by atoms with van der Waals surface area (Å²) >= 11 is 0. The molecule has 0 rings (SSSR count). The normalized spacial score (nSPS) is 14.5. The second-order valence-electron chi connectivity index (χ2n) is 3.27. The predicted octanol–water partition coefficient (Wildman–Crippen LogP) is -0.0157. The van der Waals surface area contributed by atoms with Crippen molar-refractivity contribution >= 4 is 11.9 Å². The Morgan fingerprint density at radius 1 is 1.43 bits per heavy atom. The number of hydrogen-bond acceptors (Lipinski definition) is 3. The number of carboxylic acid groups (broad SMARTS) is 1. The number of rotatable bonds is 6. The van der Waals surface area contributed by atoms with Crippen LogP contribution >= 0.6 is 0 Å². The Balaban J connectivity index is 4.08. The van der Waals surface area contributed by atoms with E-state index in [4.69, 9.17) is 10.2 Å². The standard InChI is InChI=1S/C9H17NO4/c1-3-4-6(2)8(12)10-7(5-11)9(13)14/h6-7,11H,3-5H2,1-2H3,(H,10,12)(H,13,14)/t6?,7-/m1/s1. The largest absolute Gasteiger partial charge is 0.480 e. The van der Waals surface area contributed by atoms with E-state index < -0.39 is 18.6 Å². The molecule has 5 nitrogen and oxygen atoms in total. The number of hydrogen-bond donors (Lipinski definition) is 3. The molecule has 0 spiro atoms. The first-order chi connectivity index (χ1) is 6.52. The van der Waals surface area contributed by atoms with Gasteiger partial charge in [-0.25, -0.2) is 4.79 Å². The fourth-order valence-electron chi connectivity index (χ4n) is 1.06. The van der Waals surface area contributed by atoms with Gasteiger partial charge in [-0.3, -0.25) is 4.79 Å². The number of carbonyl (C=O) groups excluding carboxylic acids is 1. The van der Waals surface area contributed by atoms with Gasteiger partial charge in [0.2, 0.25) is 5.91 Å². The molecule has 14 heavy (non-hydrogen) atoms. The molecular weight excluding hydrogens is 186 g/mol. The van der Waals surface area contributed by atoms with E-state index in [1.54, 1.807) is 6.92 Å². The van der Waals surface area contributed by atoms with E-state index in [1.807, 2.05) is 6.92 Å². The maximum atomic E-state index is 11.3. The van der Waals surface area contributed by atoms with Crippen LogP contribution in [0.1, 0.15) is 26.7 Å². The molecule has 0 aliphatic rings. The molecule has 0 aliphatic carbocycles. The van der Waals surface area contributed by atoms with E-state index >= 15 is 0 Å². The molecule has 0 saturated carbocycles. The predicted molar refractivity (Wildman–Crippen MR) is 50.7 cm³/mol. The summed E-state index contributed by atoms with van der Waals surface area (Å²) in [6.07, 6.45) is 1.58. The average Bonchev–Trinajstić information content (AvgIpc) is 2.13. The minimum atomic E-state index is -1.22. The lowest BCUT2D eigenvalue weighted by molar-refractivity contribution is -0.143. The van der Waals surface area contributed by atoms with Crippen LogP contribution in [0.5, 0.6) is 0 Å². The van der Waals surface area contributed by atoms with E-state index in [0.29, 0.717) is 6.42 Å². The maximum Gasteiger partial charge on any atom is 0.328 e. The zero-order valence-corrected chi connectivity index (χ0v) is 8.49. The van der Waals surface area contributed by atoms with Crippen LogP contribution in [0.25, 0.3) is 0 Å². The zero-order chi connectivity index (χ0) is 11.1. The van der Waals surface area contributed by atoms with Gasteiger partial charge in [-0.1, -0.05) is 20.3 Å². The summed E-state index contributed by atoms with van der Waals surface area (Å²) in [4.78, 5) is 21.8. The summed E-state index contributed by atoms with van der Waals surface area (Å²) < 4.78 is 0. The SMILES string of the molecule is CCCC(C)C(=O)N[C@H](CO)C(=O)O. The van der Waals surface area contributed by atoms with Crippen molar-refractivity contribution in [2.75, 3.05) is 6.61 Å². The molecule has 82 valence electrons. The molecule has 2 atom stereocenters. The molecule has 0 aromatic rings. The van der Waals surface area contributed by atoms with Crippen molar-refractivity contribution in [3.05, 3.63) is 0 Å². The topological polar surface area (TPSA) is 86.6 Å². The second kappa shape index (κ2) is 6.37. The third-order valence-electron chi connectivity index (χ3n) is 1.97. The summed E-state index contributed by atoms with van der Waals surface area (Å²) in [5.74, 6) is -1.76. The van der Waals surface area contributed by atoms with E-state index in [9.17, 15) is 9.59 Å². The Morgan fingerprint density at radius 2 is 2.00 bits per heavy atom. The molecule has 0 saturated heterocycles. The monoisotopic (exact) mass is 203 g/mol. The van der Waals surface area contributed by atoms with Gasteiger partial charge >= 0.3 is 5.97 Å². The van der Waals surface area contributed by atoms with Crippen molar-refractivity contribution in [3.8, 4) is 0 Å². The van der Waals surface area contributed by atoms with Gasteiger partial charge in [-0.15, -0.1) is 0 Å². The average molecular weight is 203 g/mol. The highest BCUT2D eigenvalue weighted by Crippen LogP contribution is 2.04. The summed E-state index contributed by atoms with van der Waals surface area (Å²) in [6, 6.07) is -1.19. The Morgan fingerprint density at radius 3 is 2.36 bits per heavy atom. The summed E-state index contributed by atoms with van der Waals surface area (Å²) in [6.45, 7) is 3.10. The molecule has 1 unspecified atom stereocenters. The number of nitrogens with one attached hydrogen (secondary N) is 1. The van der Waals surface area contributed by atoms with Gasteiger partial charge in [0, 0.05) is 5.92 Å². The maximum absolute atomic E-state index is 11.3. The minimum Gasteiger partial charge on any atom is -0.480 e. The first-order valence-corrected chi connectivity index (χ1v) is 4.67. The summed E-state index contributed by atoms with van der Waals surface area (Å²) in [5.41, 5.74) is 0. The van der Waals surface area contributed by atoms with Crippen LogP contribution in [-0.2, 0) is 9.59 Å². The fourth-order valence-corrected chi connectivity index (χ4v) is 1.06. The van der Waals surface area contributed by atoms with E-state index in [2.05, 4.69) is 5.32 Å². The minimum absolute atomic E-state index is 0.214. The van der Waals surface area contributed by atoms with Crippen molar-refractivity contribution in [1.29, 1.82) is 0 Å². The van der Waals surface area contributed by atoms with Crippen molar-refractivity contribution in [3.63, 3.8) is 0 Å². The van der Waals surface area contributed by atoms with Gasteiger partial charge in [0.25, 0.3) is 0 Å². The number of aliphatic hydroxyl groups excluding tert-OH is 1. The van der Waals surface area contributed by atoms with Gasteiger partial charge in [0.1, 0.15) is 6.04 Å². The smallest absolute Gasteiger partial charge is 0.328 e. The van der Waals surface area contributed by atoms with Crippen LogP contribution in [0, 0.1) is 5.92 Å². The lowest BCUT2D eigenvalue weighted by Crippen LogP contribution is -2.45. The van der Waals surface area contributed by atoms with Crippen molar-refractivity contribution < 1.29 is 19.8 Å². The number of carbonyl (C=O) groups is 2. The highest BCUT2D eigenvalue weighted by atomic mass is 16.4. The highest BCUT2D eigenvalue weighted by Gasteiger charge is 2.21. The van der Waals surface area contributed by atoms with E-state index in [0.717, 1.165) is 6.42 Å². The van der Waals surface area contributed by atoms with Gasteiger partial charge in [-0.05, 0) is 6.42 Å².